The molecule has 0 aliphatic rings. The van der Waals surface area contributed by atoms with E-state index in [9.17, 15) is 13.6 Å². The fourth-order valence-electron chi connectivity index (χ4n) is 1.80. The maximum absolute atomic E-state index is 13.5. The molecule has 5 nitrogen and oxygen atoms in total. The number of carbonyl (C=O) groups excluding carboxylic acids is 1. The second-order valence-electron chi connectivity index (χ2n) is 4.56. The summed E-state index contributed by atoms with van der Waals surface area (Å²) in [6.07, 6.45) is 0.399. The van der Waals surface area contributed by atoms with Crippen molar-refractivity contribution in [3.8, 4) is 11.5 Å². The molecular weight excluding hydrogens is 304 g/mol. The lowest BCUT2D eigenvalue weighted by Gasteiger charge is -2.09. The standard InChI is InChI=1S/C16H13F2N3O2/c17-10-3-6-14(13(18)7-10)23-11-4-1-9(2-5-11)15(19)12(8-22)16(20)21/h1-8,19H,20-21H2. The van der Waals surface area contributed by atoms with Crippen LogP contribution in [0, 0.1) is 17.0 Å². The molecule has 7 heteroatoms. The third-order valence-electron chi connectivity index (χ3n) is 2.96. The highest BCUT2D eigenvalue weighted by Crippen LogP contribution is 2.25. The number of rotatable bonds is 5. The maximum atomic E-state index is 13.5. The van der Waals surface area contributed by atoms with Gasteiger partial charge in [0, 0.05) is 11.6 Å². The summed E-state index contributed by atoms with van der Waals surface area (Å²) < 4.78 is 31.6. The zero-order valence-electron chi connectivity index (χ0n) is 11.8. The van der Waals surface area contributed by atoms with Crippen LogP contribution in [0.1, 0.15) is 5.56 Å². The van der Waals surface area contributed by atoms with Gasteiger partial charge in [-0.15, -0.1) is 0 Å². The van der Waals surface area contributed by atoms with Crippen LogP contribution in [0.5, 0.6) is 11.5 Å². The smallest absolute Gasteiger partial charge is 0.168 e. The van der Waals surface area contributed by atoms with E-state index in [2.05, 4.69) is 0 Å². The van der Waals surface area contributed by atoms with Crippen molar-refractivity contribution in [2.24, 2.45) is 11.5 Å². The minimum atomic E-state index is -0.830. The van der Waals surface area contributed by atoms with E-state index in [-0.39, 0.29) is 28.6 Å². The Labute approximate surface area is 130 Å². The number of allylic oxidation sites excluding steroid dienone is 1. The Morgan fingerprint density at radius 2 is 1.74 bits per heavy atom. The summed E-state index contributed by atoms with van der Waals surface area (Å²) in [6, 6.07) is 8.89. The van der Waals surface area contributed by atoms with E-state index in [4.69, 9.17) is 21.6 Å². The van der Waals surface area contributed by atoms with Crippen molar-refractivity contribution >= 4 is 12.0 Å². The highest BCUT2D eigenvalue weighted by molar-refractivity contribution is 6.21. The van der Waals surface area contributed by atoms with Gasteiger partial charge in [0.15, 0.2) is 17.9 Å². The van der Waals surface area contributed by atoms with E-state index in [1.807, 2.05) is 0 Å². The van der Waals surface area contributed by atoms with Crippen molar-refractivity contribution in [3.05, 3.63) is 71.1 Å². The summed E-state index contributed by atoms with van der Waals surface area (Å²) >= 11 is 0. The van der Waals surface area contributed by atoms with Gasteiger partial charge in [-0.3, -0.25) is 10.2 Å². The molecule has 2 aromatic carbocycles. The van der Waals surface area contributed by atoms with E-state index >= 15 is 0 Å². The molecule has 0 radical (unpaired) electrons. The summed E-state index contributed by atoms with van der Waals surface area (Å²) in [5.74, 6) is -1.63. The average Bonchev–Trinajstić information content (AvgIpc) is 2.51. The monoisotopic (exact) mass is 317 g/mol. The lowest BCUT2D eigenvalue weighted by Crippen LogP contribution is -2.18. The predicted octanol–water partition coefficient (Wildman–Crippen LogP) is 2.45. The van der Waals surface area contributed by atoms with Crippen LogP contribution in [0.25, 0.3) is 0 Å². The van der Waals surface area contributed by atoms with Crippen molar-refractivity contribution in [2.45, 2.75) is 0 Å². The Morgan fingerprint density at radius 3 is 2.26 bits per heavy atom. The summed E-state index contributed by atoms with van der Waals surface area (Å²) in [4.78, 5) is 10.9. The molecule has 0 unspecified atom stereocenters. The molecule has 0 aliphatic carbocycles. The normalized spacial score (nSPS) is 10.0. The van der Waals surface area contributed by atoms with E-state index in [0.717, 1.165) is 6.07 Å². The number of carbonyl (C=O) groups is 1. The predicted molar refractivity (Wildman–Crippen MR) is 81.2 cm³/mol. The Kier molecular flexibility index (Phi) is 4.70. The highest BCUT2D eigenvalue weighted by atomic mass is 19.1. The molecule has 0 aliphatic heterocycles. The van der Waals surface area contributed by atoms with E-state index < -0.39 is 11.6 Å². The number of halogens is 2. The minimum Gasteiger partial charge on any atom is -0.454 e. The van der Waals surface area contributed by atoms with Gasteiger partial charge in [-0.2, -0.15) is 0 Å². The molecule has 23 heavy (non-hydrogen) atoms. The lowest BCUT2D eigenvalue weighted by molar-refractivity contribution is -0.104. The third kappa shape index (κ3) is 3.70. The Hall–Kier alpha value is -3.22. The molecule has 2 aromatic rings. The van der Waals surface area contributed by atoms with Crippen LogP contribution in [0.3, 0.4) is 0 Å². The van der Waals surface area contributed by atoms with Gasteiger partial charge in [0.25, 0.3) is 0 Å². The second kappa shape index (κ2) is 6.69. The summed E-state index contributed by atoms with van der Waals surface area (Å²) in [5.41, 5.74) is 10.8. The molecule has 0 bridgehead atoms. The molecule has 0 fully saturated rings. The van der Waals surface area contributed by atoms with Gasteiger partial charge in [0.05, 0.1) is 11.3 Å². The van der Waals surface area contributed by atoms with E-state index in [0.29, 0.717) is 17.9 Å². The maximum Gasteiger partial charge on any atom is 0.168 e. The van der Waals surface area contributed by atoms with E-state index in [1.54, 1.807) is 0 Å². The van der Waals surface area contributed by atoms with Crippen LogP contribution in [0.2, 0.25) is 0 Å². The molecule has 0 saturated carbocycles. The molecule has 0 atom stereocenters. The number of aldehydes is 1. The number of ether oxygens (including phenoxy) is 1. The van der Waals surface area contributed by atoms with Crippen molar-refractivity contribution < 1.29 is 18.3 Å². The first-order chi connectivity index (χ1) is 10.9. The highest BCUT2D eigenvalue weighted by Gasteiger charge is 2.11. The molecule has 0 heterocycles. The number of benzene rings is 2. The first-order valence-electron chi connectivity index (χ1n) is 6.45. The Bertz CT molecular complexity index is 782. The SMILES string of the molecule is N=C(C(C=O)=C(N)N)c1ccc(Oc2ccc(F)cc2F)cc1. The van der Waals surface area contributed by atoms with Crippen molar-refractivity contribution in [1.82, 2.24) is 0 Å². The van der Waals surface area contributed by atoms with Gasteiger partial charge in [-0.1, -0.05) is 0 Å². The van der Waals surface area contributed by atoms with Gasteiger partial charge < -0.3 is 16.2 Å². The summed E-state index contributed by atoms with van der Waals surface area (Å²) in [5, 5.41) is 7.88. The molecular formula is C16H13F2N3O2. The lowest BCUT2D eigenvalue weighted by atomic mass is 10.0. The van der Waals surface area contributed by atoms with Crippen LogP contribution >= 0.6 is 0 Å². The molecule has 0 aromatic heterocycles. The second-order valence-corrected chi connectivity index (χ2v) is 4.56. The number of nitrogens with one attached hydrogen (secondary N) is 1. The number of nitrogens with two attached hydrogens (primary N) is 2. The summed E-state index contributed by atoms with van der Waals surface area (Å²) in [6.45, 7) is 0. The van der Waals surface area contributed by atoms with Crippen LogP contribution in [-0.4, -0.2) is 12.0 Å². The number of hydrogen-bond acceptors (Lipinski definition) is 5. The molecule has 0 saturated heterocycles. The van der Waals surface area contributed by atoms with Gasteiger partial charge in [-0.05, 0) is 36.4 Å². The van der Waals surface area contributed by atoms with Crippen LogP contribution in [0.15, 0.2) is 53.9 Å². The molecule has 0 amide bonds. The number of hydrogen-bond donors (Lipinski definition) is 3. The van der Waals surface area contributed by atoms with Crippen LogP contribution in [-0.2, 0) is 4.79 Å². The Morgan fingerprint density at radius 1 is 1.09 bits per heavy atom. The van der Waals surface area contributed by atoms with Gasteiger partial charge >= 0.3 is 0 Å². The fraction of sp³-hybridized carbons (Fsp3) is 0. The first-order valence-corrected chi connectivity index (χ1v) is 6.45. The Balaban J connectivity index is 2.21. The van der Waals surface area contributed by atoms with Crippen LogP contribution < -0.4 is 16.2 Å². The van der Waals surface area contributed by atoms with Crippen LogP contribution in [0.4, 0.5) is 8.78 Å². The van der Waals surface area contributed by atoms with Gasteiger partial charge in [0.1, 0.15) is 17.4 Å². The molecule has 5 N–H and O–H groups in total. The van der Waals surface area contributed by atoms with Gasteiger partial charge in [0.2, 0.25) is 0 Å². The van der Waals surface area contributed by atoms with Crippen molar-refractivity contribution in [2.75, 3.05) is 0 Å². The topological polar surface area (TPSA) is 102 Å². The van der Waals surface area contributed by atoms with E-state index in [1.165, 1.54) is 30.3 Å². The van der Waals surface area contributed by atoms with Crippen molar-refractivity contribution in [3.63, 3.8) is 0 Å². The zero-order valence-corrected chi connectivity index (χ0v) is 11.8. The average molecular weight is 317 g/mol. The summed E-state index contributed by atoms with van der Waals surface area (Å²) in [7, 11) is 0. The molecule has 2 rings (SSSR count). The van der Waals surface area contributed by atoms with Gasteiger partial charge in [-0.25, -0.2) is 8.78 Å². The largest absolute Gasteiger partial charge is 0.454 e. The quantitative estimate of drug-likeness (QED) is 0.448. The fourth-order valence-corrected chi connectivity index (χ4v) is 1.80. The molecule has 0 spiro atoms. The zero-order chi connectivity index (χ0) is 17.0. The third-order valence-corrected chi connectivity index (χ3v) is 2.96. The van der Waals surface area contributed by atoms with Crippen molar-refractivity contribution in [1.29, 1.82) is 5.41 Å². The minimum absolute atomic E-state index is 0.122. The molecule has 118 valence electrons. The first kappa shape index (κ1) is 16.2.